The van der Waals surface area contributed by atoms with Gasteiger partial charge in [-0.15, -0.1) is 24.9 Å². The predicted octanol–water partition coefficient (Wildman–Crippen LogP) is 4.54. The minimum Gasteiger partial charge on any atom is -0.395 e. The Balaban J connectivity index is 1.58. The average Bonchev–Trinajstić information content (AvgIpc) is 3.54. The van der Waals surface area contributed by atoms with Crippen LogP contribution in [0, 0.1) is 11.8 Å². The number of halogens is 2. The van der Waals surface area contributed by atoms with E-state index in [4.69, 9.17) is 11.6 Å². The van der Waals surface area contributed by atoms with Gasteiger partial charge >= 0.3 is 0 Å². The summed E-state index contributed by atoms with van der Waals surface area (Å²) < 4.78 is -0.848. The topological polar surface area (TPSA) is 81.2 Å². The number of carbonyl (C=O) groups excluding carboxylic acids is 3. The summed E-state index contributed by atoms with van der Waals surface area (Å²) in [4.78, 5) is 47.6. The SMILES string of the molecule is C=CCN(C(=O)[C@H]1[C@@H]2SC3(CC2Br)C(C(=O)N(CC=C)c2ccccc2Cl)N(CCO)C(=O)[C@H]13)c1ccccc1. The molecule has 2 aromatic carbocycles. The summed E-state index contributed by atoms with van der Waals surface area (Å²) in [5, 5.41) is 10.2. The van der Waals surface area contributed by atoms with Crippen LogP contribution < -0.4 is 9.80 Å². The number of β-amino-alcohol motifs (C(OH)–C–C–N with tert-alkyl or cyclic N) is 1. The van der Waals surface area contributed by atoms with Crippen molar-refractivity contribution >= 4 is 68.4 Å². The molecule has 3 amide bonds. The van der Waals surface area contributed by atoms with Crippen LogP contribution in [0.2, 0.25) is 5.02 Å². The molecule has 0 radical (unpaired) electrons. The molecule has 1 spiro atoms. The van der Waals surface area contributed by atoms with Gasteiger partial charge in [0.2, 0.25) is 11.8 Å². The van der Waals surface area contributed by atoms with E-state index in [1.807, 2.05) is 30.3 Å². The minimum atomic E-state index is -0.884. The summed E-state index contributed by atoms with van der Waals surface area (Å²) in [7, 11) is 0. The lowest BCUT2D eigenvalue weighted by atomic mass is 9.70. The Morgan fingerprint density at radius 3 is 2.38 bits per heavy atom. The normalized spacial score (nSPS) is 28.3. The lowest BCUT2D eigenvalue weighted by Crippen LogP contribution is -2.56. The number of carbonyl (C=O) groups is 3. The van der Waals surface area contributed by atoms with Crippen molar-refractivity contribution in [3.05, 3.63) is 84.9 Å². The highest BCUT2D eigenvalue weighted by molar-refractivity contribution is 9.09. The van der Waals surface area contributed by atoms with Crippen molar-refractivity contribution in [1.29, 1.82) is 0 Å². The van der Waals surface area contributed by atoms with Crippen molar-refractivity contribution in [1.82, 2.24) is 4.90 Å². The van der Waals surface area contributed by atoms with Crippen LogP contribution in [0.1, 0.15) is 6.42 Å². The Morgan fingerprint density at radius 2 is 1.73 bits per heavy atom. The predicted molar refractivity (Wildman–Crippen MR) is 164 cm³/mol. The Hall–Kier alpha value is -2.59. The number of amides is 3. The first-order chi connectivity index (χ1) is 19.3. The molecule has 3 aliphatic heterocycles. The Morgan fingerprint density at radius 1 is 1.07 bits per heavy atom. The van der Waals surface area contributed by atoms with E-state index in [2.05, 4.69) is 29.1 Å². The molecule has 40 heavy (non-hydrogen) atoms. The third-order valence-corrected chi connectivity index (χ3v) is 11.6. The average molecular weight is 645 g/mol. The number of hydrogen-bond donors (Lipinski definition) is 1. The molecule has 3 fully saturated rings. The van der Waals surface area contributed by atoms with E-state index in [9.17, 15) is 19.5 Å². The van der Waals surface area contributed by atoms with E-state index in [1.54, 1.807) is 58.0 Å². The number of fused-ring (bicyclic) bond motifs is 1. The number of aliphatic hydroxyl groups is 1. The number of thioether (sulfide) groups is 1. The lowest BCUT2D eigenvalue weighted by molar-refractivity contribution is -0.139. The number of aliphatic hydroxyl groups excluding tert-OH is 1. The molecule has 3 unspecified atom stereocenters. The number of rotatable bonds is 10. The van der Waals surface area contributed by atoms with Crippen molar-refractivity contribution in [3.8, 4) is 0 Å². The number of nitrogens with zero attached hydrogens (tertiary/aromatic N) is 3. The van der Waals surface area contributed by atoms with Crippen molar-refractivity contribution in [2.75, 3.05) is 36.0 Å². The molecule has 0 saturated carbocycles. The number of hydrogen-bond acceptors (Lipinski definition) is 5. The molecule has 7 nitrogen and oxygen atoms in total. The van der Waals surface area contributed by atoms with Crippen LogP contribution in [0.15, 0.2) is 79.9 Å². The first kappa shape index (κ1) is 28.9. The molecule has 2 bridgehead atoms. The summed E-state index contributed by atoms with van der Waals surface area (Å²) in [6.45, 7) is 7.85. The molecule has 3 heterocycles. The summed E-state index contributed by atoms with van der Waals surface area (Å²) in [6.07, 6.45) is 3.83. The zero-order chi connectivity index (χ0) is 28.6. The van der Waals surface area contributed by atoms with Crippen molar-refractivity contribution in [2.45, 2.75) is 27.3 Å². The van der Waals surface area contributed by atoms with Gasteiger partial charge in [-0.05, 0) is 30.7 Å². The van der Waals surface area contributed by atoms with E-state index in [0.29, 0.717) is 23.7 Å². The smallest absolute Gasteiger partial charge is 0.251 e. The van der Waals surface area contributed by atoms with Gasteiger partial charge in [-0.2, -0.15) is 0 Å². The van der Waals surface area contributed by atoms with Crippen LogP contribution in [-0.4, -0.2) is 74.8 Å². The van der Waals surface area contributed by atoms with Crippen LogP contribution in [0.4, 0.5) is 11.4 Å². The Labute approximate surface area is 252 Å². The second-order valence-corrected chi connectivity index (χ2v) is 13.3. The Bertz CT molecular complexity index is 1330. The van der Waals surface area contributed by atoms with E-state index in [1.165, 1.54) is 4.90 Å². The van der Waals surface area contributed by atoms with Gasteiger partial charge in [0.25, 0.3) is 5.91 Å². The third-order valence-electron chi connectivity index (χ3n) is 8.02. The highest BCUT2D eigenvalue weighted by Gasteiger charge is 2.76. The number of para-hydroxylation sites is 2. The standard InChI is InChI=1S/C30H31BrClN3O4S/c1-3-14-33(19-10-6-5-7-11-19)27(37)23-24-28(38)35(16-17-36)26(30(24)18-20(31)25(23)40-30)29(39)34(15-4-2)22-13-9-8-12-21(22)32/h3-13,20,23-26,36H,1-2,14-18H2/t20?,23-,24+,25-,26?,30?/m1/s1. The zero-order valence-corrected chi connectivity index (χ0v) is 25.0. The fraction of sp³-hybridized carbons (Fsp3) is 0.367. The second-order valence-electron chi connectivity index (χ2n) is 10.2. The van der Waals surface area contributed by atoms with Gasteiger partial charge in [-0.25, -0.2) is 0 Å². The van der Waals surface area contributed by atoms with Crippen LogP contribution in [0.3, 0.4) is 0 Å². The van der Waals surface area contributed by atoms with E-state index < -0.39 is 22.6 Å². The largest absolute Gasteiger partial charge is 0.395 e. The quantitative estimate of drug-likeness (QED) is 0.304. The fourth-order valence-electron chi connectivity index (χ4n) is 6.53. The molecule has 5 rings (SSSR count). The number of anilines is 2. The van der Waals surface area contributed by atoms with Gasteiger partial charge in [-0.3, -0.25) is 14.4 Å². The molecule has 0 aromatic heterocycles. The summed E-state index contributed by atoms with van der Waals surface area (Å²) in [5.41, 5.74) is 1.24. The molecule has 210 valence electrons. The number of alkyl halides is 1. The second kappa shape index (κ2) is 11.7. The van der Waals surface area contributed by atoms with Gasteiger partial charge in [-0.1, -0.05) is 70.0 Å². The molecule has 3 saturated heterocycles. The molecule has 10 heteroatoms. The minimum absolute atomic E-state index is 0.00785. The molecule has 1 N–H and O–H groups in total. The van der Waals surface area contributed by atoms with Gasteiger partial charge in [0.15, 0.2) is 0 Å². The molecular weight excluding hydrogens is 614 g/mol. The first-order valence-electron chi connectivity index (χ1n) is 13.2. The van der Waals surface area contributed by atoms with Gasteiger partial charge in [0, 0.05) is 35.4 Å². The third kappa shape index (κ3) is 4.61. The summed E-state index contributed by atoms with van der Waals surface area (Å²) in [6, 6.07) is 15.5. The maximum atomic E-state index is 14.5. The molecule has 3 aliphatic rings. The fourth-order valence-corrected chi connectivity index (χ4v) is 10.4. The van der Waals surface area contributed by atoms with Crippen molar-refractivity contribution in [2.24, 2.45) is 11.8 Å². The van der Waals surface area contributed by atoms with Crippen LogP contribution in [-0.2, 0) is 14.4 Å². The molecule has 6 atom stereocenters. The zero-order valence-electron chi connectivity index (χ0n) is 21.9. The maximum Gasteiger partial charge on any atom is 0.251 e. The maximum absolute atomic E-state index is 14.5. The highest BCUT2D eigenvalue weighted by atomic mass is 79.9. The van der Waals surface area contributed by atoms with E-state index in [0.717, 1.165) is 5.69 Å². The summed E-state index contributed by atoms with van der Waals surface area (Å²) in [5.74, 6) is -2.10. The van der Waals surface area contributed by atoms with E-state index in [-0.39, 0.29) is 47.5 Å². The first-order valence-corrected chi connectivity index (χ1v) is 15.4. The monoisotopic (exact) mass is 643 g/mol. The molecular formula is C30H31BrClN3O4S. The highest BCUT2D eigenvalue weighted by Crippen LogP contribution is 2.68. The Kier molecular flexibility index (Phi) is 8.47. The molecule has 0 aliphatic carbocycles. The van der Waals surface area contributed by atoms with Crippen LogP contribution >= 0.6 is 39.3 Å². The van der Waals surface area contributed by atoms with Crippen molar-refractivity contribution in [3.63, 3.8) is 0 Å². The summed E-state index contributed by atoms with van der Waals surface area (Å²) >= 11 is 11.9. The van der Waals surface area contributed by atoms with Crippen LogP contribution in [0.25, 0.3) is 0 Å². The van der Waals surface area contributed by atoms with Crippen LogP contribution in [0.5, 0.6) is 0 Å². The van der Waals surface area contributed by atoms with Gasteiger partial charge in [0.05, 0.1) is 33.9 Å². The van der Waals surface area contributed by atoms with Gasteiger partial charge in [0.1, 0.15) is 6.04 Å². The number of benzene rings is 2. The lowest BCUT2D eigenvalue weighted by Gasteiger charge is -2.38. The van der Waals surface area contributed by atoms with E-state index >= 15 is 0 Å². The van der Waals surface area contributed by atoms with Crippen molar-refractivity contribution < 1.29 is 19.5 Å². The molecule has 2 aromatic rings. The number of likely N-dealkylation sites (tertiary alicyclic amines) is 1. The van der Waals surface area contributed by atoms with Gasteiger partial charge < -0.3 is 19.8 Å².